The lowest BCUT2D eigenvalue weighted by Crippen LogP contribution is -2.20. The summed E-state index contributed by atoms with van der Waals surface area (Å²) in [5, 5.41) is 8.29. The average Bonchev–Trinajstić information content (AvgIpc) is 3.01. The fourth-order valence-electron chi connectivity index (χ4n) is 2.28. The predicted octanol–water partition coefficient (Wildman–Crippen LogP) is 3.08. The van der Waals surface area contributed by atoms with E-state index in [1.165, 1.54) is 11.3 Å². The van der Waals surface area contributed by atoms with Crippen molar-refractivity contribution in [2.75, 3.05) is 17.7 Å². The molecule has 0 radical (unpaired) electrons. The van der Waals surface area contributed by atoms with Gasteiger partial charge in [0.1, 0.15) is 5.58 Å². The molecule has 1 aromatic carbocycles. The number of anilines is 2. The average molecular weight is 314 g/mol. The van der Waals surface area contributed by atoms with Gasteiger partial charge in [-0.25, -0.2) is 4.79 Å². The smallest absolute Gasteiger partial charge is 0.362 e. The highest BCUT2D eigenvalue weighted by Gasteiger charge is 2.16. The lowest BCUT2D eigenvalue weighted by Gasteiger charge is -2.11. The first-order valence-corrected chi connectivity index (χ1v) is 7.63. The van der Waals surface area contributed by atoms with Gasteiger partial charge in [0.15, 0.2) is 5.69 Å². The third-order valence-corrected chi connectivity index (χ3v) is 4.12. The van der Waals surface area contributed by atoms with E-state index in [9.17, 15) is 9.59 Å². The van der Waals surface area contributed by atoms with Gasteiger partial charge >= 0.3 is 5.63 Å². The van der Waals surface area contributed by atoms with Crippen molar-refractivity contribution in [1.29, 1.82) is 0 Å². The van der Waals surface area contributed by atoms with Crippen LogP contribution in [0.15, 0.2) is 51.0 Å². The minimum Gasteiger partial charge on any atom is -0.421 e. The zero-order valence-corrected chi connectivity index (χ0v) is 12.7. The molecule has 0 unspecified atom stereocenters. The minimum atomic E-state index is -0.567. The Balaban J connectivity index is 1.97. The van der Waals surface area contributed by atoms with Crippen LogP contribution in [0.2, 0.25) is 0 Å². The molecular formula is C16H14N2O3S. The van der Waals surface area contributed by atoms with E-state index < -0.39 is 5.63 Å². The standard InChI is InChI=1S/C16H14N2O3S/c1-17-14-11-6-2-3-7-12(11)21-16(20)15(14)18-13(19)9-10-5-4-8-22-10/h2-8,17H,9H2,1H3,(H,18,19). The number of carbonyl (C=O) groups excluding carboxylic acids is 1. The number of nitrogens with one attached hydrogen (secondary N) is 2. The Morgan fingerprint density at radius 3 is 2.73 bits per heavy atom. The van der Waals surface area contributed by atoms with E-state index >= 15 is 0 Å². The van der Waals surface area contributed by atoms with E-state index in [4.69, 9.17) is 4.42 Å². The van der Waals surface area contributed by atoms with Gasteiger partial charge in [-0.1, -0.05) is 18.2 Å². The van der Waals surface area contributed by atoms with Crippen LogP contribution in [0.25, 0.3) is 11.0 Å². The molecule has 0 atom stereocenters. The molecule has 0 fully saturated rings. The summed E-state index contributed by atoms with van der Waals surface area (Å²) >= 11 is 1.50. The lowest BCUT2D eigenvalue weighted by atomic mass is 10.2. The SMILES string of the molecule is CNc1c(NC(=O)Cc2cccs2)c(=O)oc2ccccc12. The number of thiophene rings is 1. The lowest BCUT2D eigenvalue weighted by molar-refractivity contribution is -0.115. The van der Waals surface area contributed by atoms with E-state index in [1.54, 1.807) is 19.2 Å². The predicted molar refractivity (Wildman–Crippen MR) is 88.7 cm³/mol. The number of hydrogen-bond donors (Lipinski definition) is 2. The zero-order valence-electron chi connectivity index (χ0n) is 11.9. The van der Waals surface area contributed by atoms with Gasteiger partial charge in [0.05, 0.1) is 12.1 Å². The van der Waals surface area contributed by atoms with Gasteiger partial charge in [-0.15, -0.1) is 11.3 Å². The normalized spacial score (nSPS) is 10.6. The van der Waals surface area contributed by atoms with E-state index in [1.807, 2.05) is 29.6 Å². The van der Waals surface area contributed by atoms with E-state index in [0.29, 0.717) is 11.3 Å². The molecule has 0 aliphatic rings. The van der Waals surface area contributed by atoms with Crippen molar-refractivity contribution in [3.8, 4) is 0 Å². The summed E-state index contributed by atoms with van der Waals surface area (Å²) in [6.07, 6.45) is 0.229. The minimum absolute atomic E-state index is 0.141. The summed E-state index contributed by atoms with van der Waals surface area (Å²) in [5.74, 6) is -0.249. The molecule has 6 heteroatoms. The summed E-state index contributed by atoms with van der Waals surface area (Å²) in [6, 6.07) is 11.0. The molecule has 0 spiro atoms. The monoisotopic (exact) mass is 314 g/mol. The fraction of sp³-hybridized carbons (Fsp3) is 0.125. The quantitative estimate of drug-likeness (QED) is 0.726. The molecule has 0 aliphatic carbocycles. The Kier molecular flexibility index (Phi) is 3.93. The number of benzene rings is 1. The largest absolute Gasteiger partial charge is 0.421 e. The van der Waals surface area contributed by atoms with Crippen LogP contribution in [0, 0.1) is 0 Å². The molecule has 1 amide bonds. The maximum Gasteiger partial charge on any atom is 0.362 e. The summed E-state index contributed by atoms with van der Waals surface area (Å²) in [4.78, 5) is 25.2. The topological polar surface area (TPSA) is 71.3 Å². The second-order valence-electron chi connectivity index (χ2n) is 4.69. The van der Waals surface area contributed by atoms with Gasteiger partial charge < -0.3 is 15.1 Å². The van der Waals surface area contributed by atoms with Crippen molar-refractivity contribution in [3.05, 3.63) is 57.1 Å². The van der Waals surface area contributed by atoms with Crippen LogP contribution >= 0.6 is 11.3 Å². The number of para-hydroxylation sites is 1. The van der Waals surface area contributed by atoms with Crippen LogP contribution in [0.3, 0.4) is 0 Å². The summed E-state index contributed by atoms with van der Waals surface area (Å²) in [5.41, 5.74) is 0.616. The summed E-state index contributed by atoms with van der Waals surface area (Å²) in [7, 11) is 1.70. The second-order valence-corrected chi connectivity index (χ2v) is 5.72. The van der Waals surface area contributed by atoms with E-state index in [0.717, 1.165) is 10.3 Å². The number of carbonyl (C=O) groups is 1. The van der Waals surface area contributed by atoms with Crippen molar-refractivity contribution in [3.63, 3.8) is 0 Å². The molecule has 0 saturated heterocycles. The summed E-state index contributed by atoms with van der Waals surface area (Å²) in [6.45, 7) is 0. The third kappa shape index (κ3) is 2.73. The van der Waals surface area contributed by atoms with Crippen LogP contribution < -0.4 is 16.3 Å². The fourth-order valence-corrected chi connectivity index (χ4v) is 2.98. The molecule has 2 heterocycles. The molecule has 0 saturated carbocycles. The molecule has 3 rings (SSSR count). The summed E-state index contributed by atoms with van der Waals surface area (Å²) < 4.78 is 5.26. The molecule has 0 aliphatic heterocycles. The van der Waals surface area contributed by atoms with Crippen LogP contribution in [0.4, 0.5) is 11.4 Å². The van der Waals surface area contributed by atoms with Crippen molar-refractivity contribution in [2.24, 2.45) is 0 Å². The highest BCUT2D eigenvalue weighted by atomic mass is 32.1. The van der Waals surface area contributed by atoms with Crippen LogP contribution in [0.5, 0.6) is 0 Å². The number of amides is 1. The zero-order chi connectivity index (χ0) is 15.5. The van der Waals surface area contributed by atoms with E-state index in [-0.39, 0.29) is 18.0 Å². The Bertz CT molecular complexity index is 869. The molecule has 2 N–H and O–H groups in total. The van der Waals surface area contributed by atoms with Crippen molar-refractivity contribution < 1.29 is 9.21 Å². The maximum absolute atomic E-state index is 12.1. The van der Waals surface area contributed by atoms with E-state index in [2.05, 4.69) is 10.6 Å². The third-order valence-electron chi connectivity index (χ3n) is 3.24. The highest BCUT2D eigenvalue weighted by molar-refractivity contribution is 7.10. The number of rotatable bonds is 4. The first-order valence-electron chi connectivity index (χ1n) is 6.75. The Morgan fingerprint density at radius 1 is 1.18 bits per heavy atom. The van der Waals surface area contributed by atoms with Gasteiger partial charge in [0.2, 0.25) is 5.91 Å². The molecule has 2 aromatic heterocycles. The van der Waals surface area contributed by atoms with Crippen LogP contribution in [-0.2, 0) is 11.2 Å². The Labute approximate surface area is 130 Å². The number of hydrogen-bond acceptors (Lipinski definition) is 5. The second kappa shape index (κ2) is 6.03. The van der Waals surface area contributed by atoms with Crippen molar-refractivity contribution >= 4 is 39.6 Å². The first-order chi connectivity index (χ1) is 10.7. The molecule has 5 nitrogen and oxygen atoms in total. The van der Waals surface area contributed by atoms with Crippen LogP contribution in [0.1, 0.15) is 4.88 Å². The molecule has 22 heavy (non-hydrogen) atoms. The Hall–Kier alpha value is -2.60. The van der Waals surface area contributed by atoms with Gasteiger partial charge in [-0.2, -0.15) is 0 Å². The molecular weight excluding hydrogens is 300 g/mol. The van der Waals surface area contributed by atoms with Gasteiger partial charge in [-0.3, -0.25) is 4.79 Å². The molecule has 112 valence electrons. The van der Waals surface area contributed by atoms with Crippen LogP contribution in [-0.4, -0.2) is 13.0 Å². The van der Waals surface area contributed by atoms with Gasteiger partial charge in [-0.05, 0) is 23.6 Å². The Morgan fingerprint density at radius 2 is 2.00 bits per heavy atom. The molecule has 0 bridgehead atoms. The van der Waals surface area contributed by atoms with Crippen molar-refractivity contribution in [1.82, 2.24) is 0 Å². The molecule has 3 aromatic rings. The maximum atomic E-state index is 12.1. The number of fused-ring (bicyclic) bond motifs is 1. The first kappa shape index (κ1) is 14.3. The van der Waals surface area contributed by atoms with Crippen molar-refractivity contribution in [2.45, 2.75) is 6.42 Å². The van der Waals surface area contributed by atoms with Gasteiger partial charge in [0.25, 0.3) is 0 Å². The van der Waals surface area contributed by atoms with Gasteiger partial charge in [0, 0.05) is 17.3 Å². The highest BCUT2D eigenvalue weighted by Crippen LogP contribution is 2.28.